The molecule has 0 atom stereocenters. The van der Waals surface area contributed by atoms with Gasteiger partial charge in [0.05, 0.1) is 5.69 Å². The van der Waals surface area contributed by atoms with Crippen molar-refractivity contribution in [1.82, 2.24) is 14.9 Å². The number of nitrogens with two attached hydrogens (primary N) is 1. The number of nitrogen functional groups attached to an aromatic ring is 1. The maximum absolute atomic E-state index is 8.84. The lowest BCUT2D eigenvalue weighted by Crippen LogP contribution is -2.47. The highest BCUT2D eigenvalue weighted by atomic mass is 15.5. The van der Waals surface area contributed by atoms with E-state index in [9.17, 15) is 0 Å². The predicted molar refractivity (Wildman–Crippen MR) is 66.1 cm³/mol. The Morgan fingerprint density at radius 2 is 2.06 bits per heavy atom. The van der Waals surface area contributed by atoms with Crippen LogP contribution in [-0.2, 0) is 0 Å². The number of rotatable bonds is 2. The number of likely N-dealkylation sites (N-methyl/N-ethyl adjacent to an activating group) is 1. The summed E-state index contributed by atoms with van der Waals surface area (Å²) in [6.45, 7) is 3.91. The molecular weight excluding hydrogens is 216 g/mol. The standard InChI is InChI=1S/C11H16N6/c1-16-4-6-17(7-5-16)15-11-3-2-9(13)10(8-12)14-11/h2-3H,4-7,13H2,1H3,(H,14,15). The van der Waals surface area contributed by atoms with Gasteiger partial charge in [0.15, 0.2) is 5.69 Å². The van der Waals surface area contributed by atoms with Gasteiger partial charge in [-0.1, -0.05) is 0 Å². The highest BCUT2D eigenvalue weighted by Gasteiger charge is 2.14. The first-order valence-corrected chi connectivity index (χ1v) is 5.56. The molecule has 0 aliphatic carbocycles. The lowest BCUT2D eigenvalue weighted by molar-refractivity contribution is 0.178. The molecule has 0 bridgehead atoms. The Labute approximate surface area is 101 Å². The maximum atomic E-state index is 8.84. The van der Waals surface area contributed by atoms with Crippen molar-refractivity contribution in [3.8, 4) is 6.07 Å². The van der Waals surface area contributed by atoms with Crippen molar-refractivity contribution in [2.24, 2.45) is 0 Å². The first kappa shape index (κ1) is 11.6. The Kier molecular flexibility index (Phi) is 3.42. The molecular formula is C11H16N6. The van der Waals surface area contributed by atoms with E-state index < -0.39 is 0 Å². The van der Waals surface area contributed by atoms with Crippen molar-refractivity contribution < 1.29 is 0 Å². The number of aromatic nitrogens is 1. The topological polar surface area (TPSA) is 81.2 Å². The molecule has 6 heteroatoms. The van der Waals surface area contributed by atoms with Crippen LogP contribution in [0.25, 0.3) is 0 Å². The van der Waals surface area contributed by atoms with Gasteiger partial charge in [0.2, 0.25) is 0 Å². The molecule has 1 aliphatic heterocycles. The van der Waals surface area contributed by atoms with Gasteiger partial charge < -0.3 is 16.1 Å². The number of piperazine rings is 1. The summed E-state index contributed by atoms with van der Waals surface area (Å²) >= 11 is 0. The molecule has 3 N–H and O–H groups in total. The van der Waals surface area contributed by atoms with Gasteiger partial charge >= 0.3 is 0 Å². The second kappa shape index (κ2) is 4.99. The van der Waals surface area contributed by atoms with Gasteiger partial charge in [-0.15, -0.1) is 0 Å². The number of nitrogens with one attached hydrogen (secondary N) is 1. The van der Waals surface area contributed by atoms with Crippen LogP contribution in [0, 0.1) is 11.3 Å². The van der Waals surface area contributed by atoms with Crippen LogP contribution < -0.4 is 11.2 Å². The second-order valence-electron chi connectivity index (χ2n) is 4.15. The van der Waals surface area contributed by atoms with Gasteiger partial charge in [-0.25, -0.2) is 9.99 Å². The van der Waals surface area contributed by atoms with Crippen molar-refractivity contribution in [1.29, 1.82) is 5.26 Å². The number of hydrogen-bond acceptors (Lipinski definition) is 6. The van der Waals surface area contributed by atoms with Crippen LogP contribution in [0.4, 0.5) is 11.5 Å². The molecule has 1 fully saturated rings. The van der Waals surface area contributed by atoms with E-state index in [2.05, 4.69) is 27.4 Å². The van der Waals surface area contributed by atoms with Crippen molar-refractivity contribution in [2.45, 2.75) is 0 Å². The zero-order valence-corrected chi connectivity index (χ0v) is 9.85. The summed E-state index contributed by atoms with van der Waals surface area (Å²) in [6, 6.07) is 5.46. The van der Waals surface area contributed by atoms with Gasteiger partial charge in [0, 0.05) is 26.2 Å². The zero-order valence-electron chi connectivity index (χ0n) is 9.85. The van der Waals surface area contributed by atoms with Crippen LogP contribution in [-0.4, -0.2) is 48.1 Å². The first-order valence-electron chi connectivity index (χ1n) is 5.56. The third kappa shape index (κ3) is 2.84. The van der Waals surface area contributed by atoms with Crippen molar-refractivity contribution >= 4 is 11.5 Å². The van der Waals surface area contributed by atoms with Crippen LogP contribution in [0.2, 0.25) is 0 Å². The van der Waals surface area contributed by atoms with E-state index in [1.165, 1.54) is 0 Å². The predicted octanol–water partition coefficient (Wildman–Crippen LogP) is 0.110. The normalized spacial score (nSPS) is 17.6. The molecule has 1 aromatic rings. The van der Waals surface area contributed by atoms with Gasteiger partial charge in [0.1, 0.15) is 11.9 Å². The Bertz CT molecular complexity index is 430. The minimum atomic E-state index is 0.268. The highest BCUT2D eigenvalue weighted by Crippen LogP contribution is 2.13. The minimum absolute atomic E-state index is 0.268. The fraction of sp³-hybridized carbons (Fsp3) is 0.455. The van der Waals surface area contributed by atoms with E-state index in [-0.39, 0.29) is 5.69 Å². The van der Waals surface area contributed by atoms with Crippen molar-refractivity contribution in [2.75, 3.05) is 44.4 Å². The SMILES string of the molecule is CN1CCN(Nc2ccc(N)c(C#N)n2)CC1. The molecule has 0 saturated carbocycles. The van der Waals surface area contributed by atoms with E-state index in [1.54, 1.807) is 12.1 Å². The monoisotopic (exact) mass is 232 g/mol. The fourth-order valence-corrected chi connectivity index (χ4v) is 1.70. The Hall–Kier alpha value is -1.84. The zero-order chi connectivity index (χ0) is 12.3. The van der Waals surface area contributed by atoms with Gasteiger partial charge in [-0.2, -0.15) is 5.26 Å². The van der Waals surface area contributed by atoms with Crippen LogP contribution in [0.1, 0.15) is 5.69 Å². The Morgan fingerprint density at radius 3 is 2.71 bits per heavy atom. The summed E-state index contributed by atoms with van der Waals surface area (Å²) in [7, 11) is 2.10. The summed E-state index contributed by atoms with van der Waals surface area (Å²) in [5.74, 6) is 0.667. The van der Waals surface area contributed by atoms with E-state index in [0.29, 0.717) is 11.5 Å². The molecule has 0 radical (unpaired) electrons. The molecule has 1 aromatic heterocycles. The number of nitrogens with zero attached hydrogens (tertiary/aromatic N) is 4. The Balaban J connectivity index is 2.02. The van der Waals surface area contributed by atoms with Gasteiger partial charge in [-0.3, -0.25) is 0 Å². The minimum Gasteiger partial charge on any atom is -0.396 e. The van der Waals surface area contributed by atoms with E-state index >= 15 is 0 Å². The largest absolute Gasteiger partial charge is 0.396 e. The number of pyridine rings is 1. The summed E-state index contributed by atoms with van der Waals surface area (Å²) in [5, 5.41) is 10.9. The molecule has 0 unspecified atom stereocenters. The highest BCUT2D eigenvalue weighted by molar-refractivity contribution is 5.54. The number of hydrazine groups is 1. The number of hydrogen-bond donors (Lipinski definition) is 2. The summed E-state index contributed by atoms with van der Waals surface area (Å²) in [5.41, 5.74) is 9.49. The smallest absolute Gasteiger partial charge is 0.165 e. The molecule has 0 spiro atoms. The lowest BCUT2D eigenvalue weighted by Gasteiger charge is -2.32. The first-order chi connectivity index (χ1) is 8.19. The van der Waals surface area contributed by atoms with Crippen molar-refractivity contribution in [3.63, 3.8) is 0 Å². The average Bonchev–Trinajstić information content (AvgIpc) is 2.34. The van der Waals surface area contributed by atoms with Crippen LogP contribution in [0.3, 0.4) is 0 Å². The fourth-order valence-electron chi connectivity index (χ4n) is 1.70. The second-order valence-corrected chi connectivity index (χ2v) is 4.15. The molecule has 17 heavy (non-hydrogen) atoms. The molecule has 2 heterocycles. The van der Waals surface area contributed by atoms with Crippen molar-refractivity contribution in [3.05, 3.63) is 17.8 Å². The van der Waals surface area contributed by atoms with E-state index in [4.69, 9.17) is 11.0 Å². The molecule has 2 rings (SSSR count). The van der Waals surface area contributed by atoms with Gasteiger partial charge in [0.25, 0.3) is 0 Å². The molecule has 1 aliphatic rings. The molecule has 1 saturated heterocycles. The van der Waals surface area contributed by atoms with Crippen LogP contribution in [0.15, 0.2) is 12.1 Å². The third-order valence-electron chi connectivity index (χ3n) is 2.81. The van der Waals surface area contributed by atoms with Crippen LogP contribution >= 0.6 is 0 Å². The van der Waals surface area contributed by atoms with E-state index in [1.807, 2.05) is 6.07 Å². The average molecular weight is 232 g/mol. The maximum Gasteiger partial charge on any atom is 0.165 e. The third-order valence-corrected chi connectivity index (χ3v) is 2.81. The Morgan fingerprint density at radius 1 is 1.35 bits per heavy atom. The molecule has 6 nitrogen and oxygen atoms in total. The lowest BCUT2D eigenvalue weighted by atomic mass is 10.3. The van der Waals surface area contributed by atoms with Crippen LogP contribution in [0.5, 0.6) is 0 Å². The number of nitriles is 1. The molecule has 90 valence electrons. The summed E-state index contributed by atoms with van der Waals surface area (Å²) in [4.78, 5) is 6.42. The summed E-state index contributed by atoms with van der Waals surface area (Å²) in [6.07, 6.45) is 0. The number of anilines is 2. The van der Waals surface area contributed by atoms with Gasteiger partial charge in [-0.05, 0) is 19.2 Å². The molecule has 0 amide bonds. The summed E-state index contributed by atoms with van der Waals surface area (Å²) < 4.78 is 0. The van der Waals surface area contributed by atoms with E-state index in [0.717, 1.165) is 26.2 Å². The molecule has 0 aromatic carbocycles. The quantitative estimate of drug-likeness (QED) is 0.753.